The summed E-state index contributed by atoms with van der Waals surface area (Å²) in [4.78, 5) is 22.9. The zero-order valence-corrected chi connectivity index (χ0v) is 12.9. The molecular formula is C18H17NO5. The van der Waals surface area contributed by atoms with Gasteiger partial charge in [0.1, 0.15) is 12.4 Å². The Hall–Kier alpha value is -3.02. The Kier molecular flexibility index (Phi) is 4.65. The number of hydrogen-bond donors (Lipinski definition) is 2. The van der Waals surface area contributed by atoms with Gasteiger partial charge >= 0.3 is 12.1 Å². The molecule has 1 amide bonds. The van der Waals surface area contributed by atoms with E-state index >= 15 is 0 Å². The molecule has 124 valence electrons. The van der Waals surface area contributed by atoms with Crippen LogP contribution in [-0.2, 0) is 11.3 Å². The first-order valence-electron chi connectivity index (χ1n) is 7.58. The Morgan fingerprint density at radius 3 is 2.75 bits per heavy atom. The van der Waals surface area contributed by atoms with E-state index in [1.54, 1.807) is 12.1 Å². The molecule has 0 saturated heterocycles. The lowest BCUT2D eigenvalue weighted by molar-refractivity contribution is 0.0696. The monoisotopic (exact) mass is 327 g/mol. The first kappa shape index (κ1) is 15.9. The van der Waals surface area contributed by atoms with Gasteiger partial charge in [-0.25, -0.2) is 9.59 Å². The van der Waals surface area contributed by atoms with Crippen LogP contribution in [0.3, 0.4) is 0 Å². The number of hydrogen-bond acceptors (Lipinski definition) is 4. The highest BCUT2D eigenvalue weighted by Crippen LogP contribution is 2.34. The fourth-order valence-corrected chi connectivity index (χ4v) is 2.56. The molecule has 1 unspecified atom stereocenters. The van der Waals surface area contributed by atoms with Crippen LogP contribution in [-0.4, -0.2) is 30.3 Å². The summed E-state index contributed by atoms with van der Waals surface area (Å²) in [6.45, 7) is 0.925. The third-order valence-electron chi connectivity index (χ3n) is 3.84. The van der Waals surface area contributed by atoms with Crippen LogP contribution >= 0.6 is 0 Å². The van der Waals surface area contributed by atoms with Crippen LogP contribution in [0.15, 0.2) is 48.5 Å². The summed E-state index contributed by atoms with van der Waals surface area (Å²) in [7, 11) is 0. The lowest BCUT2D eigenvalue weighted by Crippen LogP contribution is -2.29. The number of ether oxygens (including phenoxy) is 2. The van der Waals surface area contributed by atoms with E-state index < -0.39 is 12.1 Å². The molecule has 2 aromatic carbocycles. The van der Waals surface area contributed by atoms with E-state index in [9.17, 15) is 9.59 Å². The second-order valence-corrected chi connectivity index (χ2v) is 5.51. The summed E-state index contributed by atoms with van der Waals surface area (Å²) in [5.74, 6) is -0.424. The standard InChI is InChI=1S/C18H17NO5/c20-17(21)13-6-7-16-15(8-13)14(11-23-16)9-19-18(22)24-10-12-4-2-1-3-5-12/h1-8,14H,9-11H2,(H,19,22)(H,20,21). The zero-order valence-electron chi connectivity index (χ0n) is 12.9. The lowest BCUT2D eigenvalue weighted by atomic mass is 9.99. The van der Waals surface area contributed by atoms with Gasteiger partial charge in [0.2, 0.25) is 0 Å². The van der Waals surface area contributed by atoms with E-state index in [1.807, 2.05) is 30.3 Å². The van der Waals surface area contributed by atoms with Gasteiger partial charge in [-0.05, 0) is 23.8 Å². The quantitative estimate of drug-likeness (QED) is 0.882. The van der Waals surface area contributed by atoms with Gasteiger partial charge in [-0.3, -0.25) is 0 Å². The minimum Gasteiger partial charge on any atom is -0.493 e. The van der Waals surface area contributed by atoms with E-state index in [4.69, 9.17) is 14.6 Å². The molecule has 0 aromatic heterocycles. The fraction of sp³-hybridized carbons (Fsp3) is 0.222. The molecule has 0 saturated carbocycles. The molecule has 24 heavy (non-hydrogen) atoms. The van der Waals surface area contributed by atoms with Crippen molar-refractivity contribution in [2.24, 2.45) is 0 Å². The lowest BCUT2D eigenvalue weighted by Gasteiger charge is -2.11. The highest BCUT2D eigenvalue weighted by Gasteiger charge is 2.26. The molecule has 3 rings (SSSR count). The maximum Gasteiger partial charge on any atom is 0.407 e. The Morgan fingerprint density at radius 2 is 2.00 bits per heavy atom. The molecule has 1 atom stereocenters. The van der Waals surface area contributed by atoms with Crippen molar-refractivity contribution in [2.75, 3.05) is 13.2 Å². The van der Waals surface area contributed by atoms with Crippen molar-refractivity contribution in [1.29, 1.82) is 0 Å². The molecule has 0 fully saturated rings. The number of rotatable bonds is 5. The summed E-state index contributed by atoms with van der Waals surface area (Å²) < 4.78 is 10.7. The minimum atomic E-state index is -0.987. The predicted molar refractivity (Wildman–Crippen MR) is 86.3 cm³/mol. The second kappa shape index (κ2) is 7.04. The summed E-state index contributed by atoms with van der Waals surface area (Å²) in [5.41, 5.74) is 1.91. The van der Waals surface area contributed by atoms with Crippen molar-refractivity contribution >= 4 is 12.1 Å². The number of carboxylic acid groups (broad SMARTS) is 1. The molecule has 2 N–H and O–H groups in total. The largest absolute Gasteiger partial charge is 0.493 e. The number of benzene rings is 2. The van der Waals surface area contributed by atoms with Crippen LogP contribution < -0.4 is 10.1 Å². The van der Waals surface area contributed by atoms with Crippen LogP contribution in [0.4, 0.5) is 4.79 Å². The molecule has 1 heterocycles. The second-order valence-electron chi connectivity index (χ2n) is 5.51. The number of fused-ring (bicyclic) bond motifs is 1. The minimum absolute atomic E-state index is 0.0939. The molecule has 1 aliphatic rings. The first-order chi connectivity index (χ1) is 11.6. The van der Waals surface area contributed by atoms with Crippen LogP contribution in [0.1, 0.15) is 27.4 Å². The van der Waals surface area contributed by atoms with Crippen molar-refractivity contribution in [1.82, 2.24) is 5.32 Å². The van der Waals surface area contributed by atoms with Crippen molar-refractivity contribution in [3.8, 4) is 5.75 Å². The molecule has 0 aliphatic carbocycles. The number of alkyl carbamates (subject to hydrolysis) is 1. The van der Waals surface area contributed by atoms with E-state index in [1.165, 1.54) is 6.07 Å². The molecule has 6 nitrogen and oxygen atoms in total. The van der Waals surface area contributed by atoms with Gasteiger partial charge in [-0.2, -0.15) is 0 Å². The van der Waals surface area contributed by atoms with Gasteiger partial charge in [0.25, 0.3) is 0 Å². The van der Waals surface area contributed by atoms with Gasteiger partial charge in [0.05, 0.1) is 12.2 Å². The van der Waals surface area contributed by atoms with Gasteiger partial charge in [-0.1, -0.05) is 30.3 Å². The highest BCUT2D eigenvalue weighted by atomic mass is 16.5. The number of aromatic carboxylic acids is 1. The molecule has 0 radical (unpaired) electrons. The maximum absolute atomic E-state index is 11.8. The van der Waals surface area contributed by atoms with Crippen molar-refractivity contribution in [3.63, 3.8) is 0 Å². The van der Waals surface area contributed by atoms with E-state index in [2.05, 4.69) is 5.32 Å². The Morgan fingerprint density at radius 1 is 1.21 bits per heavy atom. The van der Waals surface area contributed by atoms with Crippen LogP contribution in [0.2, 0.25) is 0 Å². The van der Waals surface area contributed by atoms with Crippen molar-refractivity contribution < 1.29 is 24.2 Å². The van der Waals surface area contributed by atoms with Crippen LogP contribution in [0.5, 0.6) is 5.75 Å². The SMILES string of the molecule is O=C(NCC1COc2ccc(C(=O)O)cc21)OCc1ccccc1. The number of carbonyl (C=O) groups excluding carboxylic acids is 1. The topological polar surface area (TPSA) is 84.9 Å². The summed E-state index contributed by atoms with van der Waals surface area (Å²) in [5, 5.41) is 11.8. The number of carboxylic acids is 1. The van der Waals surface area contributed by atoms with Crippen molar-refractivity contribution in [3.05, 3.63) is 65.2 Å². The zero-order chi connectivity index (χ0) is 16.9. The van der Waals surface area contributed by atoms with E-state index in [-0.39, 0.29) is 18.1 Å². The Balaban J connectivity index is 1.54. The van der Waals surface area contributed by atoms with Gasteiger partial charge in [-0.15, -0.1) is 0 Å². The Bertz CT molecular complexity index is 744. The summed E-state index contributed by atoms with van der Waals surface area (Å²) in [6.07, 6.45) is -0.512. The average Bonchev–Trinajstić information content (AvgIpc) is 3.01. The Labute approximate surface area is 139 Å². The van der Waals surface area contributed by atoms with Gasteiger partial charge < -0.3 is 19.9 Å². The van der Waals surface area contributed by atoms with E-state index in [0.29, 0.717) is 18.9 Å². The maximum atomic E-state index is 11.8. The number of carbonyl (C=O) groups is 2. The average molecular weight is 327 g/mol. The number of nitrogens with one attached hydrogen (secondary N) is 1. The highest BCUT2D eigenvalue weighted by molar-refractivity contribution is 5.88. The molecule has 0 bridgehead atoms. The van der Waals surface area contributed by atoms with Gasteiger partial charge in [0.15, 0.2) is 0 Å². The first-order valence-corrected chi connectivity index (χ1v) is 7.58. The molecule has 6 heteroatoms. The van der Waals surface area contributed by atoms with Gasteiger partial charge in [0, 0.05) is 18.0 Å². The third kappa shape index (κ3) is 3.65. The third-order valence-corrected chi connectivity index (χ3v) is 3.84. The van der Waals surface area contributed by atoms with Crippen LogP contribution in [0.25, 0.3) is 0 Å². The molecule has 1 aliphatic heterocycles. The van der Waals surface area contributed by atoms with Crippen LogP contribution in [0, 0.1) is 0 Å². The summed E-state index contributed by atoms with van der Waals surface area (Å²) >= 11 is 0. The molecular weight excluding hydrogens is 310 g/mol. The number of amides is 1. The molecule has 0 spiro atoms. The fourth-order valence-electron chi connectivity index (χ4n) is 2.56. The predicted octanol–water partition coefficient (Wildman–Crippen LogP) is 2.79. The van der Waals surface area contributed by atoms with E-state index in [0.717, 1.165) is 11.1 Å². The molecule has 2 aromatic rings. The van der Waals surface area contributed by atoms with Crippen molar-refractivity contribution in [2.45, 2.75) is 12.5 Å². The normalized spacial score (nSPS) is 15.2. The summed E-state index contributed by atoms with van der Waals surface area (Å²) in [6, 6.07) is 14.1. The smallest absolute Gasteiger partial charge is 0.407 e.